The SMILES string of the molecule is CCS(=O)(=O)CCCN(CCC#N)C(C)C. The van der Waals surface area contributed by atoms with Crippen LogP contribution in [0.15, 0.2) is 0 Å². The van der Waals surface area contributed by atoms with Crippen LogP contribution in [0.25, 0.3) is 0 Å². The van der Waals surface area contributed by atoms with Gasteiger partial charge in [-0.25, -0.2) is 8.42 Å². The van der Waals surface area contributed by atoms with Crippen molar-refractivity contribution in [3.63, 3.8) is 0 Å². The molecule has 0 radical (unpaired) electrons. The Morgan fingerprint density at radius 2 is 1.94 bits per heavy atom. The van der Waals surface area contributed by atoms with Crippen LogP contribution in [0.5, 0.6) is 0 Å². The Bertz CT molecular complexity index is 317. The molecule has 0 rings (SSSR count). The summed E-state index contributed by atoms with van der Waals surface area (Å²) in [7, 11) is -2.85. The molecule has 0 saturated carbocycles. The lowest BCUT2D eigenvalue weighted by atomic mass is 10.2. The zero-order chi connectivity index (χ0) is 12.6. The van der Waals surface area contributed by atoms with E-state index in [1.807, 2.05) is 0 Å². The van der Waals surface area contributed by atoms with Crippen molar-refractivity contribution < 1.29 is 8.42 Å². The van der Waals surface area contributed by atoms with Gasteiger partial charge in [0.05, 0.1) is 11.8 Å². The fraction of sp³-hybridized carbons (Fsp3) is 0.909. The molecule has 94 valence electrons. The van der Waals surface area contributed by atoms with Gasteiger partial charge in [0.15, 0.2) is 0 Å². The van der Waals surface area contributed by atoms with Crippen molar-refractivity contribution in [2.75, 3.05) is 24.6 Å². The molecule has 0 amide bonds. The predicted molar refractivity (Wildman–Crippen MR) is 65.9 cm³/mol. The number of nitriles is 1. The van der Waals surface area contributed by atoms with Gasteiger partial charge < -0.3 is 0 Å². The molecule has 5 heteroatoms. The van der Waals surface area contributed by atoms with E-state index in [2.05, 4.69) is 24.8 Å². The van der Waals surface area contributed by atoms with Crippen LogP contribution in [-0.2, 0) is 9.84 Å². The summed E-state index contributed by atoms with van der Waals surface area (Å²) in [4.78, 5) is 2.15. The maximum atomic E-state index is 11.3. The molecule has 0 bridgehead atoms. The topological polar surface area (TPSA) is 61.2 Å². The second kappa shape index (κ2) is 7.64. The third-order valence-electron chi connectivity index (χ3n) is 2.58. The van der Waals surface area contributed by atoms with Gasteiger partial charge in [0.1, 0.15) is 9.84 Å². The zero-order valence-corrected chi connectivity index (χ0v) is 11.3. The Hall–Kier alpha value is -0.600. The number of nitrogens with zero attached hydrogens (tertiary/aromatic N) is 2. The monoisotopic (exact) mass is 246 g/mol. The quantitative estimate of drug-likeness (QED) is 0.650. The van der Waals surface area contributed by atoms with Crippen LogP contribution in [0.3, 0.4) is 0 Å². The first-order valence-electron chi connectivity index (χ1n) is 5.74. The van der Waals surface area contributed by atoms with Crippen LogP contribution in [0, 0.1) is 11.3 Å². The second-order valence-electron chi connectivity index (χ2n) is 4.13. The molecule has 0 aromatic carbocycles. The number of hydrogen-bond donors (Lipinski definition) is 0. The Balaban J connectivity index is 3.99. The fourth-order valence-corrected chi connectivity index (χ4v) is 2.31. The summed E-state index contributed by atoms with van der Waals surface area (Å²) in [6.07, 6.45) is 1.15. The van der Waals surface area contributed by atoms with Crippen molar-refractivity contribution >= 4 is 9.84 Å². The third kappa shape index (κ3) is 6.81. The Kier molecular flexibility index (Phi) is 7.35. The van der Waals surface area contributed by atoms with Crippen molar-refractivity contribution in [2.45, 2.75) is 39.7 Å². The number of sulfone groups is 1. The summed E-state index contributed by atoms with van der Waals surface area (Å²) < 4.78 is 22.6. The first-order valence-corrected chi connectivity index (χ1v) is 7.56. The molecule has 0 atom stereocenters. The highest BCUT2D eigenvalue weighted by molar-refractivity contribution is 7.91. The first kappa shape index (κ1) is 15.4. The highest BCUT2D eigenvalue weighted by atomic mass is 32.2. The maximum Gasteiger partial charge on any atom is 0.150 e. The molecule has 0 spiro atoms. The molecule has 0 aromatic heterocycles. The van der Waals surface area contributed by atoms with Gasteiger partial charge in [0, 0.05) is 24.8 Å². The highest BCUT2D eigenvalue weighted by Gasteiger charge is 2.11. The van der Waals surface area contributed by atoms with Gasteiger partial charge in [-0.3, -0.25) is 4.90 Å². The molecular formula is C11H22N2O2S. The standard InChI is InChI=1S/C11H22N2O2S/c1-4-16(14,15)10-6-9-13(11(2)3)8-5-7-12/h11H,4-6,8-10H2,1-3H3. The van der Waals surface area contributed by atoms with Crippen molar-refractivity contribution in [3.05, 3.63) is 0 Å². The van der Waals surface area contributed by atoms with Crippen molar-refractivity contribution in [1.82, 2.24) is 4.90 Å². The van der Waals surface area contributed by atoms with Crippen molar-refractivity contribution in [3.8, 4) is 6.07 Å². The summed E-state index contributed by atoms with van der Waals surface area (Å²) in [6, 6.07) is 2.47. The average Bonchev–Trinajstić information content (AvgIpc) is 2.22. The van der Waals surface area contributed by atoms with E-state index in [0.717, 1.165) is 13.1 Å². The van der Waals surface area contributed by atoms with Crippen LogP contribution >= 0.6 is 0 Å². The maximum absolute atomic E-state index is 11.3. The molecule has 0 N–H and O–H groups in total. The van der Waals surface area contributed by atoms with E-state index in [0.29, 0.717) is 18.9 Å². The average molecular weight is 246 g/mol. The molecule has 16 heavy (non-hydrogen) atoms. The largest absolute Gasteiger partial charge is 0.300 e. The Morgan fingerprint density at radius 1 is 1.31 bits per heavy atom. The molecule has 0 aliphatic carbocycles. The fourth-order valence-electron chi connectivity index (χ4n) is 1.45. The van der Waals surface area contributed by atoms with E-state index in [1.54, 1.807) is 6.92 Å². The highest BCUT2D eigenvalue weighted by Crippen LogP contribution is 2.03. The molecule has 0 fully saturated rings. The lowest BCUT2D eigenvalue weighted by molar-refractivity contribution is 0.227. The molecule has 4 nitrogen and oxygen atoms in total. The molecule has 0 aromatic rings. The van der Waals surface area contributed by atoms with E-state index in [1.165, 1.54) is 0 Å². The summed E-state index contributed by atoms with van der Waals surface area (Å²) >= 11 is 0. The summed E-state index contributed by atoms with van der Waals surface area (Å²) in [5.41, 5.74) is 0. The zero-order valence-electron chi connectivity index (χ0n) is 10.4. The van der Waals surface area contributed by atoms with E-state index in [9.17, 15) is 8.42 Å². The molecule has 0 unspecified atom stereocenters. The van der Waals surface area contributed by atoms with Gasteiger partial charge in [-0.2, -0.15) is 5.26 Å². The van der Waals surface area contributed by atoms with Gasteiger partial charge in [0.2, 0.25) is 0 Å². The smallest absolute Gasteiger partial charge is 0.150 e. The molecule has 0 saturated heterocycles. The predicted octanol–water partition coefficient (Wildman–Crippen LogP) is 1.44. The number of hydrogen-bond acceptors (Lipinski definition) is 4. The molecule has 0 aliphatic heterocycles. The van der Waals surface area contributed by atoms with Crippen LogP contribution in [0.1, 0.15) is 33.6 Å². The van der Waals surface area contributed by atoms with Gasteiger partial charge in [-0.05, 0) is 26.8 Å². The van der Waals surface area contributed by atoms with Gasteiger partial charge in [-0.15, -0.1) is 0 Å². The van der Waals surface area contributed by atoms with E-state index >= 15 is 0 Å². The van der Waals surface area contributed by atoms with Crippen molar-refractivity contribution in [2.24, 2.45) is 0 Å². The Labute approximate surface area is 99.2 Å². The first-order chi connectivity index (χ1) is 7.43. The second-order valence-corrected chi connectivity index (χ2v) is 6.60. The van der Waals surface area contributed by atoms with Crippen LogP contribution in [0.2, 0.25) is 0 Å². The third-order valence-corrected chi connectivity index (χ3v) is 4.37. The normalized spacial score (nSPS) is 12.0. The van der Waals surface area contributed by atoms with E-state index in [4.69, 9.17) is 5.26 Å². The van der Waals surface area contributed by atoms with Gasteiger partial charge in [0.25, 0.3) is 0 Å². The number of rotatable bonds is 8. The Morgan fingerprint density at radius 3 is 2.38 bits per heavy atom. The molecule has 0 aliphatic rings. The van der Waals surface area contributed by atoms with E-state index in [-0.39, 0.29) is 11.5 Å². The lowest BCUT2D eigenvalue weighted by Crippen LogP contribution is -2.33. The van der Waals surface area contributed by atoms with Gasteiger partial charge in [-0.1, -0.05) is 6.92 Å². The van der Waals surface area contributed by atoms with Crippen LogP contribution in [0.4, 0.5) is 0 Å². The van der Waals surface area contributed by atoms with Gasteiger partial charge >= 0.3 is 0 Å². The van der Waals surface area contributed by atoms with Crippen LogP contribution < -0.4 is 0 Å². The molecular weight excluding hydrogens is 224 g/mol. The van der Waals surface area contributed by atoms with Crippen LogP contribution in [-0.4, -0.2) is 44.0 Å². The summed E-state index contributed by atoms with van der Waals surface area (Å²) in [5.74, 6) is 0.464. The van der Waals surface area contributed by atoms with Crippen molar-refractivity contribution in [1.29, 1.82) is 5.26 Å². The molecule has 0 heterocycles. The summed E-state index contributed by atoms with van der Waals surface area (Å²) in [6.45, 7) is 7.27. The minimum Gasteiger partial charge on any atom is -0.300 e. The lowest BCUT2D eigenvalue weighted by Gasteiger charge is -2.25. The minimum absolute atomic E-state index is 0.215. The minimum atomic E-state index is -2.85. The summed E-state index contributed by atoms with van der Waals surface area (Å²) in [5, 5.41) is 8.52. The van der Waals surface area contributed by atoms with E-state index < -0.39 is 9.84 Å².